The number of aliphatic imine (C=N–C) groups is 1. The van der Waals surface area contributed by atoms with E-state index in [2.05, 4.69) is 4.99 Å². The Morgan fingerprint density at radius 3 is 2.31 bits per heavy atom. The lowest BCUT2D eigenvalue weighted by molar-refractivity contribution is -0.548. The van der Waals surface area contributed by atoms with Gasteiger partial charge in [-0.3, -0.25) is 4.99 Å². The summed E-state index contributed by atoms with van der Waals surface area (Å²) in [4.78, 5) is 27.5. The first-order valence-corrected chi connectivity index (χ1v) is 10.5. The van der Waals surface area contributed by atoms with Crippen molar-refractivity contribution in [1.82, 2.24) is 5.43 Å². The van der Waals surface area contributed by atoms with Crippen LogP contribution in [0.5, 0.6) is 23.0 Å². The van der Waals surface area contributed by atoms with Gasteiger partial charge >= 0.3 is 5.97 Å². The van der Waals surface area contributed by atoms with Gasteiger partial charge in [0.05, 0.1) is 21.3 Å². The van der Waals surface area contributed by atoms with E-state index in [4.69, 9.17) is 30.4 Å². The van der Waals surface area contributed by atoms with Crippen LogP contribution in [0.3, 0.4) is 0 Å². The van der Waals surface area contributed by atoms with Gasteiger partial charge in [0.25, 0.3) is 0 Å². The molecule has 12 heteroatoms. The SMILES string of the molecule is COc1cc(/C=C/c2ccccc2OC(=O)C(CCCN=C(N)N)N[N+](=O)[O-])cc(OC)c1OC. The number of hydrogen-bond donors (Lipinski definition) is 3. The molecule has 0 aliphatic heterocycles. The molecule has 12 nitrogen and oxygen atoms in total. The molecule has 2 aromatic carbocycles. The largest absolute Gasteiger partial charge is 0.493 e. The minimum absolute atomic E-state index is 0.0973. The maximum absolute atomic E-state index is 12.7. The second-order valence-corrected chi connectivity index (χ2v) is 7.14. The van der Waals surface area contributed by atoms with Gasteiger partial charge in [-0.1, -0.05) is 30.4 Å². The van der Waals surface area contributed by atoms with Crippen molar-refractivity contribution >= 4 is 24.1 Å². The Kier molecular flexibility index (Phi) is 10.2. The van der Waals surface area contributed by atoms with Gasteiger partial charge in [-0.25, -0.2) is 14.9 Å². The van der Waals surface area contributed by atoms with Crippen LogP contribution in [0, 0.1) is 10.1 Å². The van der Waals surface area contributed by atoms with E-state index in [1.807, 2.05) is 5.43 Å². The summed E-state index contributed by atoms with van der Waals surface area (Å²) in [6.07, 6.45) is 3.94. The molecule has 0 aromatic heterocycles. The van der Waals surface area contributed by atoms with Crippen molar-refractivity contribution in [3.05, 3.63) is 57.6 Å². The van der Waals surface area contributed by atoms with Crippen LogP contribution >= 0.6 is 0 Å². The van der Waals surface area contributed by atoms with Crippen molar-refractivity contribution in [3.63, 3.8) is 0 Å². The number of nitro groups is 1. The van der Waals surface area contributed by atoms with E-state index in [0.29, 0.717) is 29.2 Å². The number of rotatable bonds is 13. The number of nitrogens with one attached hydrogen (secondary N) is 1. The number of carbonyl (C=O) groups excluding carboxylic acids is 1. The van der Waals surface area contributed by atoms with Crippen LogP contribution < -0.4 is 35.8 Å². The van der Waals surface area contributed by atoms with Gasteiger partial charge < -0.3 is 30.4 Å². The highest BCUT2D eigenvalue weighted by molar-refractivity contribution is 5.81. The summed E-state index contributed by atoms with van der Waals surface area (Å²) < 4.78 is 21.6. The third kappa shape index (κ3) is 8.11. The van der Waals surface area contributed by atoms with Gasteiger partial charge in [0.2, 0.25) is 5.75 Å². The van der Waals surface area contributed by atoms with Gasteiger partial charge in [-0.2, -0.15) is 0 Å². The average Bonchev–Trinajstić information content (AvgIpc) is 2.84. The fraction of sp³-hybridized carbons (Fsp3) is 0.304. The van der Waals surface area contributed by atoms with E-state index >= 15 is 0 Å². The molecule has 35 heavy (non-hydrogen) atoms. The minimum Gasteiger partial charge on any atom is -0.493 e. The minimum atomic E-state index is -1.19. The lowest BCUT2D eigenvalue weighted by Gasteiger charge is -2.14. The second-order valence-electron chi connectivity index (χ2n) is 7.14. The highest BCUT2D eigenvalue weighted by Gasteiger charge is 2.25. The molecule has 1 unspecified atom stereocenters. The van der Waals surface area contributed by atoms with Crippen molar-refractivity contribution in [2.75, 3.05) is 27.9 Å². The van der Waals surface area contributed by atoms with E-state index in [0.717, 1.165) is 5.56 Å². The molecular formula is C23H29N5O7. The molecule has 0 heterocycles. The molecule has 188 valence electrons. The Labute approximate surface area is 202 Å². The molecule has 1 atom stereocenters. The fourth-order valence-electron chi connectivity index (χ4n) is 3.14. The van der Waals surface area contributed by atoms with Gasteiger partial charge in [-0.05, 0) is 36.6 Å². The Hall–Kier alpha value is -4.48. The van der Waals surface area contributed by atoms with E-state index in [9.17, 15) is 14.9 Å². The van der Waals surface area contributed by atoms with Crippen LogP contribution in [-0.2, 0) is 4.79 Å². The molecule has 0 radical (unpaired) electrons. The van der Waals surface area contributed by atoms with Gasteiger partial charge in [0, 0.05) is 12.1 Å². The Bertz CT molecular complexity index is 1060. The van der Waals surface area contributed by atoms with Crippen molar-refractivity contribution in [1.29, 1.82) is 0 Å². The maximum atomic E-state index is 12.7. The number of ether oxygens (including phenoxy) is 4. The number of nitrogens with two attached hydrogens (primary N) is 2. The monoisotopic (exact) mass is 487 g/mol. The quantitative estimate of drug-likeness (QED) is 0.0554. The summed E-state index contributed by atoms with van der Waals surface area (Å²) in [6, 6.07) is 9.13. The highest BCUT2D eigenvalue weighted by Crippen LogP contribution is 2.38. The highest BCUT2D eigenvalue weighted by atomic mass is 16.7. The van der Waals surface area contributed by atoms with Gasteiger partial charge in [0.1, 0.15) is 5.75 Å². The first-order chi connectivity index (χ1) is 16.8. The molecule has 2 aromatic rings. The molecule has 0 fully saturated rings. The van der Waals surface area contributed by atoms with E-state index in [1.54, 1.807) is 48.6 Å². The molecule has 0 bridgehead atoms. The van der Waals surface area contributed by atoms with Crippen LogP contribution in [0.15, 0.2) is 41.4 Å². The molecular weight excluding hydrogens is 458 g/mol. The van der Waals surface area contributed by atoms with Gasteiger partial charge in [-0.15, -0.1) is 5.43 Å². The summed E-state index contributed by atoms with van der Waals surface area (Å²) in [7, 11) is 4.56. The van der Waals surface area contributed by atoms with E-state index in [-0.39, 0.29) is 24.7 Å². The molecule has 0 aliphatic rings. The number of hydrazine groups is 1. The number of guanidine groups is 1. The fourth-order valence-corrected chi connectivity index (χ4v) is 3.14. The Morgan fingerprint density at radius 2 is 1.74 bits per heavy atom. The topological polar surface area (TPSA) is 174 Å². The number of methoxy groups -OCH3 is 3. The van der Waals surface area contributed by atoms with E-state index in [1.165, 1.54) is 21.3 Å². The number of carbonyl (C=O) groups is 1. The zero-order valence-electron chi connectivity index (χ0n) is 19.7. The molecule has 0 aliphatic carbocycles. The molecule has 0 spiro atoms. The average molecular weight is 488 g/mol. The third-order valence-corrected chi connectivity index (χ3v) is 4.76. The molecule has 5 N–H and O–H groups in total. The number of esters is 1. The van der Waals surface area contributed by atoms with Crippen LogP contribution in [0.2, 0.25) is 0 Å². The van der Waals surface area contributed by atoms with Crippen molar-refractivity contribution in [2.24, 2.45) is 16.5 Å². The standard InChI is InChI=1S/C23H29N5O7/c1-32-19-13-15(14-20(33-2)21(19)34-3)10-11-16-7-4-5-9-18(16)35-22(29)17(27-28(30)31)8-6-12-26-23(24)25/h4-5,7,9-11,13-14,17,27H,6,8,12H2,1-3H3,(H4,24,25,26)/b11-10+. The maximum Gasteiger partial charge on any atom is 0.339 e. The lowest BCUT2D eigenvalue weighted by atomic mass is 10.1. The normalized spacial score (nSPS) is 11.4. The zero-order chi connectivity index (χ0) is 25.8. The summed E-state index contributed by atoms with van der Waals surface area (Å²) in [5, 5.41) is 10.2. The first kappa shape index (κ1) is 26.8. The van der Waals surface area contributed by atoms with E-state index < -0.39 is 17.0 Å². The molecule has 2 rings (SSSR count). The van der Waals surface area contributed by atoms with Crippen molar-refractivity contribution in [2.45, 2.75) is 18.9 Å². The first-order valence-electron chi connectivity index (χ1n) is 10.5. The third-order valence-electron chi connectivity index (χ3n) is 4.76. The van der Waals surface area contributed by atoms with Crippen molar-refractivity contribution < 1.29 is 28.8 Å². The smallest absolute Gasteiger partial charge is 0.339 e. The number of para-hydroxylation sites is 1. The zero-order valence-corrected chi connectivity index (χ0v) is 19.7. The number of nitrogens with zero attached hydrogens (tertiary/aromatic N) is 2. The Balaban J connectivity index is 2.23. The summed E-state index contributed by atoms with van der Waals surface area (Å²) in [5.74, 6) is 0.770. The summed E-state index contributed by atoms with van der Waals surface area (Å²) in [6.45, 7) is 0.222. The van der Waals surface area contributed by atoms with Crippen LogP contribution in [0.4, 0.5) is 0 Å². The number of benzene rings is 2. The van der Waals surface area contributed by atoms with Gasteiger partial charge in [0.15, 0.2) is 28.5 Å². The predicted octanol–water partition coefficient (Wildman–Crippen LogP) is 1.99. The molecule has 0 amide bonds. The van der Waals surface area contributed by atoms with Crippen LogP contribution in [0.1, 0.15) is 24.0 Å². The van der Waals surface area contributed by atoms with Crippen LogP contribution in [0.25, 0.3) is 12.2 Å². The number of hydrogen-bond acceptors (Lipinski definition) is 8. The molecule has 0 saturated heterocycles. The second kappa shape index (κ2) is 13.3. The summed E-state index contributed by atoms with van der Waals surface area (Å²) in [5.41, 5.74) is 13.8. The Morgan fingerprint density at radius 1 is 1.09 bits per heavy atom. The van der Waals surface area contributed by atoms with Crippen LogP contribution in [-0.4, -0.2) is 50.9 Å². The lowest BCUT2D eigenvalue weighted by Crippen LogP contribution is -2.42. The van der Waals surface area contributed by atoms with Crippen molar-refractivity contribution in [3.8, 4) is 23.0 Å². The molecule has 0 saturated carbocycles. The summed E-state index contributed by atoms with van der Waals surface area (Å²) >= 11 is 0. The predicted molar refractivity (Wildman–Crippen MR) is 131 cm³/mol.